The van der Waals surface area contributed by atoms with Crippen molar-refractivity contribution in [3.05, 3.63) is 24.3 Å². The minimum absolute atomic E-state index is 0.0406. The van der Waals surface area contributed by atoms with Gasteiger partial charge in [-0.05, 0) is 32.0 Å². The van der Waals surface area contributed by atoms with Crippen LogP contribution in [0.1, 0.15) is 13.8 Å². The van der Waals surface area contributed by atoms with Gasteiger partial charge in [0.2, 0.25) is 5.91 Å². The summed E-state index contributed by atoms with van der Waals surface area (Å²) < 4.78 is 29.0. The van der Waals surface area contributed by atoms with E-state index in [2.05, 4.69) is 10.0 Å². The monoisotopic (exact) mass is 287 g/mol. The molecule has 0 heterocycles. The molecule has 1 rings (SSSR count). The molecule has 7 nitrogen and oxygen atoms in total. The van der Waals surface area contributed by atoms with Crippen molar-refractivity contribution in [1.29, 1.82) is 0 Å². The third kappa shape index (κ3) is 6.75. The van der Waals surface area contributed by atoms with Crippen molar-refractivity contribution < 1.29 is 17.9 Å². The van der Waals surface area contributed by atoms with E-state index in [0.29, 0.717) is 5.69 Å². The molecule has 0 saturated carbocycles. The molecule has 19 heavy (non-hydrogen) atoms. The van der Waals surface area contributed by atoms with Crippen molar-refractivity contribution in [3.8, 4) is 0 Å². The molecule has 1 amide bonds. The van der Waals surface area contributed by atoms with E-state index in [1.807, 2.05) is 13.8 Å². The first kappa shape index (κ1) is 15.4. The van der Waals surface area contributed by atoms with Gasteiger partial charge in [-0.1, -0.05) is 6.07 Å². The highest BCUT2D eigenvalue weighted by Gasteiger charge is 2.06. The first-order valence-electron chi connectivity index (χ1n) is 5.58. The van der Waals surface area contributed by atoms with E-state index >= 15 is 0 Å². The Morgan fingerprint density at radius 2 is 2.00 bits per heavy atom. The molecule has 0 unspecified atom stereocenters. The van der Waals surface area contributed by atoms with Crippen LogP contribution in [0.5, 0.6) is 0 Å². The lowest BCUT2D eigenvalue weighted by atomic mass is 10.3. The van der Waals surface area contributed by atoms with Crippen LogP contribution in [-0.2, 0) is 19.7 Å². The Morgan fingerprint density at radius 1 is 1.37 bits per heavy atom. The van der Waals surface area contributed by atoms with Gasteiger partial charge in [0.1, 0.15) is 6.61 Å². The third-order valence-corrected chi connectivity index (χ3v) is 2.47. The summed E-state index contributed by atoms with van der Waals surface area (Å²) in [5, 5.41) is 7.44. The van der Waals surface area contributed by atoms with Crippen LogP contribution in [0, 0.1) is 0 Å². The van der Waals surface area contributed by atoms with E-state index < -0.39 is 10.2 Å². The van der Waals surface area contributed by atoms with Gasteiger partial charge in [0.15, 0.2) is 0 Å². The second-order valence-corrected chi connectivity index (χ2v) is 5.43. The number of hydrogen-bond acceptors (Lipinski definition) is 4. The highest BCUT2D eigenvalue weighted by Crippen LogP contribution is 2.15. The second-order valence-electron chi connectivity index (χ2n) is 4.14. The lowest BCUT2D eigenvalue weighted by molar-refractivity contribution is -0.121. The molecular weight excluding hydrogens is 270 g/mol. The molecule has 0 aliphatic rings. The van der Waals surface area contributed by atoms with Crippen molar-refractivity contribution in [2.75, 3.05) is 16.6 Å². The molecule has 0 aliphatic carbocycles. The number of rotatable bonds is 6. The standard InChI is InChI=1S/C11H17N3O4S/c1-8(2)18-7-11(15)13-9-4-3-5-10(6-9)14-19(12,16)17/h3-6,8,14H,7H2,1-2H3,(H,13,15)(H2,12,16,17). The summed E-state index contributed by atoms with van der Waals surface area (Å²) in [4.78, 5) is 11.5. The molecule has 4 N–H and O–H groups in total. The minimum Gasteiger partial charge on any atom is -0.369 e. The molecular formula is C11H17N3O4S. The largest absolute Gasteiger partial charge is 0.369 e. The number of carbonyl (C=O) groups excluding carboxylic acids is 1. The van der Waals surface area contributed by atoms with Gasteiger partial charge in [-0.3, -0.25) is 9.52 Å². The number of nitrogens with one attached hydrogen (secondary N) is 2. The van der Waals surface area contributed by atoms with Gasteiger partial charge in [0, 0.05) is 5.69 Å². The number of carbonyl (C=O) groups is 1. The number of amides is 1. The van der Waals surface area contributed by atoms with E-state index in [4.69, 9.17) is 9.88 Å². The smallest absolute Gasteiger partial charge is 0.296 e. The number of hydrogen-bond donors (Lipinski definition) is 3. The van der Waals surface area contributed by atoms with E-state index in [1.165, 1.54) is 12.1 Å². The highest BCUT2D eigenvalue weighted by molar-refractivity contribution is 7.90. The minimum atomic E-state index is -3.83. The number of anilines is 2. The normalized spacial score (nSPS) is 11.4. The van der Waals surface area contributed by atoms with Crippen LogP contribution in [0.4, 0.5) is 11.4 Å². The van der Waals surface area contributed by atoms with Gasteiger partial charge < -0.3 is 10.1 Å². The van der Waals surface area contributed by atoms with Crippen molar-refractivity contribution in [2.24, 2.45) is 5.14 Å². The number of benzene rings is 1. The summed E-state index contributed by atoms with van der Waals surface area (Å²) >= 11 is 0. The fourth-order valence-electron chi connectivity index (χ4n) is 1.26. The molecule has 106 valence electrons. The van der Waals surface area contributed by atoms with Crippen LogP contribution in [0.2, 0.25) is 0 Å². The summed E-state index contributed by atoms with van der Waals surface area (Å²) in [6.07, 6.45) is -0.0406. The predicted molar refractivity (Wildman–Crippen MR) is 72.9 cm³/mol. The van der Waals surface area contributed by atoms with E-state index in [1.54, 1.807) is 12.1 Å². The van der Waals surface area contributed by atoms with Crippen molar-refractivity contribution in [2.45, 2.75) is 20.0 Å². The summed E-state index contributed by atoms with van der Waals surface area (Å²) in [6, 6.07) is 6.19. The molecule has 1 aromatic carbocycles. The molecule has 0 radical (unpaired) electrons. The lowest BCUT2D eigenvalue weighted by Crippen LogP contribution is -2.22. The van der Waals surface area contributed by atoms with E-state index in [9.17, 15) is 13.2 Å². The second kappa shape index (κ2) is 6.50. The first-order chi connectivity index (χ1) is 8.76. The fourth-order valence-corrected chi connectivity index (χ4v) is 1.72. The van der Waals surface area contributed by atoms with Gasteiger partial charge in [0.25, 0.3) is 10.2 Å². The predicted octanol–water partition coefficient (Wildman–Crippen LogP) is 0.665. The van der Waals surface area contributed by atoms with Gasteiger partial charge in [-0.25, -0.2) is 5.14 Å². The first-order valence-corrected chi connectivity index (χ1v) is 7.13. The van der Waals surface area contributed by atoms with Crippen LogP contribution >= 0.6 is 0 Å². The van der Waals surface area contributed by atoms with Gasteiger partial charge >= 0.3 is 0 Å². The molecule has 0 bridgehead atoms. The van der Waals surface area contributed by atoms with Gasteiger partial charge in [-0.2, -0.15) is 8.42 Å². The summed E-state index contributed by atoms with van der Waals surface area (Å²) in [5.41, 5.74) is 0.719. The van der Waals surface area contributed by atoms with Crippen molar-refractivity contribution >= 4 is 27.5 Å². The molecule has 0 aliphatic heterocycles. The molecule has 0 fully saturated rings. The summed E-state index contributed by atoms with van der Waals surface area (Å²) in [7, 11) is -3.83. The Labute approximate surface area is 112 Å². The topological polar surface area (TPSA) is 111 Å². The van der Waals surface area contributed by atoms with Crippen LogP contribution in [-0.4, -0.2) is 27.0 Å². The van der Waals surface area contributed by atoms with Gasteiger partial charge in [0.05, 0.1) is 11.8 Å². The Hall–Kier alpha value is -1.64. The van der Waals surface area contributed by atoms with Crippen molar-refractivity contribution in [3.63, 3.8) is 0 Å². The van der Waals surface area contributed by atoms with Gasteiger partial charge in [-0.15, -0.1) is 0 Å². The van der Waals surface area contributed by atoms with Crippen LogP contribution in [0.25, 0.3) is 0 Å². The zero-order valence-electron chi connectivity index (χ0n) is 10.7. The Bertz CT molecular complexity index is 543. The van der Waals surface area contributed by atoms with Crippen LogP contribution < -0.4 is 15.2 Å². The third-order valence-electron chi connectivity index (χ3n) is 1.95. The quantitative estimate of drug-likeness (QED) is 0.714. The maximum absolute atomic E-state index is 11.5. The fraction of sp³-hybridized carbons (Fsp3) is 0.364. The Morgan fingerprint density at radius 3 is 2.58 bits per heavy atom. The van der Waals surface area contributed by atoms with E-state index in [-0.39, 0.29) is 24.3 Å². The Balaban J connectivity index is 2.64. The zero-order chi connectivity index (χ0) is 14.5. The van der Waals surface area contributed by atoms with Crippen LogP contribution in [0.3, 0.4) is 0 Å². The summed E-state index contributed by atoms with van der Waals surface area (Å²) in [5.74, 6) is -0.318. The number of ether oxygens (including phenoxy) is 1. The molecule has 0 aromatic heterocycles. The molecule has 0 saturated heterocycles. The highest BCUT2D eigenvalue weighted by atomic mass is 32.2. The molecule has 1 aromatic rings. The maximum Gasteiger partial charge on any atom is 0.296 e. The number of nitrogens with two attached hydrogens (primary N) is 1. The average Bonchev–Trinajstić information content (AvgIpc) is 2.24. The van der Waals surface area contributed by atoms with Crippen molar-refractivity contribution in [1.82, 2.24) is 0 Å². The Kier molecular flexibility index (Phi) is 5.28. The molecule has 8 heteroatoms. The zero-order valence-corrected chi connectivity index (χ0v) is 11.5. The molecule has 0 atom stereocenters. The SMILES string of the molecule is CC(C)OCC(=O)Nc1cccc(NS(N)(=O)=O)c1. The van der Waals surface area contributed by atoms with Crippen LogP contribution in [0.15, 0.2) is 24.3 Å². The van der Waals surface area contributed by atoms with E-state index in [0.717, 1.165) is 0 Å². The average molecular weight is 287 g/mol. The summed E-state index contributed by atoms with van der Waals surface area (Å²) in [6.45, 7) is 3.58. The lowest BCUT2D eigenvalue weighted by Gasteiger charge is -2.10. The molecule has 0 spiro atoms. The maximum atomic E-state index is 11.5.